The number of H-pyrrole nitrogens is 2. The van der Waals surface area contributed by atoms with Gasteiger partial charge in [-0.3, -0.25) is 10.00 Å². The van der Waals surface area contributed by atoms with E-state index >= 15 is 0 Å². The smallest absolute Gasteiger partial charge is 0.131 e. The molecule has 1 fully saturated rings. The molecule has 154 valence electrons. The van der Waals surface area contributed by atoms with E-state index in [1.54, 1.807) is 0 Å². The number of rotatable bonds is 5. The normalized spacial score (nSPS) is 19.9. The molecule has 7 heteroatoms. The first kappa shape index (κ1) is 18.8. The zero-order chi connectivity index (χ0) is 20.2. The maximum absolute atomic E-state index is 4.52. The summed E-state index contributed by atoms with van der Waals surface area (Å²) >= 11 is 0. The monoisotopic (exact) mass is 401 g/mol. The van der Waals surface area contributed by atoms with E-state index in [0.717, 1.165) is 68.5 Å². The Morgan fingerprint density at radius 3 is 2.93 bits per heavy atom. The number of allylic oxidation sites excluding steroid dienone is 3. The highest BCUT2D eigenvalue weighted by atomic mass is 15.2. The number of aryl methyl sites for hydroxylation is 1. The Bertz CT molecular complexity index is 1040. The number of anilines is 2. The minimum atomic E-state index is 0.873. The quantitative estimate of drug-likeness (QED) is 0.527. The minimum absolute atomic E-state index is 0.873. The fraction of sp³-hybridized carbons (Fsp3) is 0.304. The molecule has 0 spiro atoms. The third kappa shape index (κ3) is 4.37. The van der Waals surface area contributed by atoms with Crippen LogP contribution in [0.1, 0.15) is 28.8 Å². The van der Waals surface area contributed by atoms with Crippen molar-refractivity contribution in [3.8, 4) is 0 Å². The molecule has 1 saturated heterocycles. The van der Waals surface area contributed by atoms with Crippen LogP contribution in [0.25, 0.3) is 11.6 Å². The molecule has 1 aliphatic heterocycles. The molecule has 0 aromatic carbocycles. The van der Waals surface area contributed by atoms with E-state index in [-0.39, 0.29) is 0 Å². The number of nitrogens with one attached hydrogen (secondary N) is 4. The van der Waals surface area contributed by atoms with Crippen molar-refractivity contribution in [2.75, 3.05) is 31.5 Å². The van der Waals surface area contributed by atoms with Crippen LogP contribution in [0.2, 0.25) is 0 Å². The first-order chi connectivity index (χ1) is 14.8. The van der Waals surface area contributed by atoms with Crippen molar-refractivity contribution >= 4 is 23.3 Å². The lowest BCUT2D eigenvalue weighted by molar-refractivity contribution is 0.233. The average molecular weight is 402 g/mol. The second-order valence-corrected chi connectivity index (χ2v) is 7.84. The summed E-state index contributed by atoms with van der Waals surface area (Å²) in [6, 6.07) is 6.45. The number of aromatic nitrogens is 4. The second-order valence-electron chi connectivity index (χ2n) is 7.84. The third-order valence-electron chi connectivity index (χ3n) is 5.68. The van der Waals surface area contributed by atoms with Crippen molar-refractivity contribution in [2.24, 2.45) is 0 Å². The van der Waals surface area contributed by atoms with Crippen molar-refractivity contribution in [3.63, 3.8) is 0 Å². The molecule has 5 rings (SSSR count). The van der Waals surface area contributed by atoms with Crippen LogP contribution < -0.4 is 10.6 Å². The molecule has 1 aliphatic carbocycles. The SMILES string of the molecule is C1=C\c2[nH]c(Nc3cc(CN4CCNCC4)ccn3)cc2CC\C=C/1c1cn[nH]c1. The molecular weight excluding hydrogens is 374 g/mol. The van der Waals surface area contributed by atoms with Gasteiger partial charge in [0.25, 0.3) is 0 Å². The van der Waals surface area contributed by atoms with Crippen molar-refractivity contribution < 1.29 is 0 Å². The summed E-state index contributed by atoms with van der Waals surface area (Å²) in [5, 5.41) is 13.8. The van der Waals surface area contributed by atoms with Crippen molar-refractivity contribution in [1.29, 1.82) is 0 Å². The third-order valence-corrected chi connectivity index (χ3v) is 5.68. The highest BCUT2D eigenvalue weighted by molar-refractivity contribution is 5.79. The van der Waals surface area contributed by atoms with Crippen molar-refractivity contribution in [3.05, 3.63) is 71.3 Å². The lowest BCUT2D eigenvalue weighted by Gasteiger charge is -2.27. The average Bonchev–Trinajstić information content (AvgIpc) is 3.40. The molecule has 7 nitrogen and oxygen atoms in total. The topological polar surface area (TPSA) is 84.7 Å². The van der Waals surface area contributed by atoms with Gasteiger partial charge in [0.2, 0.25) is 0 Å². The van der Waals surface area contributed by atoms with E-state index in [1.807, 2.05) is 18.6 Å². The molecule has 4 N–H and O–H groups in total. The maximum Gasteiger partial charge on any atom is 0.131 e. The van der Waals surface area contributed by atoms with Gasteiger partial charge >= 0.3 is 0 Å². The van der Waals surface area contributed by atoms with Gasteiger partial charge in [0, 0.05) is 56.4 Å². The minimum Gasteiger partial charge on any atom is -0.342 e. The van der Waals surface area contributed by atoms with E-state index in [1.165, 1.54) is 16.7 Å². The molecule has 0 bridgehead atoms. The zero-order valence-corrected chi connectivity index (χ0v) is 17.0. The summed E-state index contributed by atoms with van der Waals surface area (Å²) in [4.78, 5) is 10.5. The Hall–Kier alpha value is -3.16. The molecular formula is C23H27N7. The lowest BCUT2D eigenvalue weighted by atomic mass is 10.0. The first-order valence-corrected chi connectivity index (χ1v) is 10.6. The fourth-order valence-electron chi connectivity index (χ4n) is 4.09. The number of pyridine rings is 1. The predicted molar refractivity (Wildman–Crippen MR) is 120 cm³/mol. The number of fused-ring (bicyclic) bond motifs is 1. The Morgan fingerprint density at radius 2 is 2.07 bits per heavy atom. The molecule has 0 saturated carbocycles. The van der Waals surface area contributed by atoms with Crippen LogP contribution in [0.15, 0.2) is 48.9 Å². The van der Waals surface area contributed by atoms with Crippen molar-refractivity contribution in [1.82, 2.24) is 30.4 Å². The second kappa shape index (κ2) is 8.69. The standard InChI is InChI=1S/C23H27N7/c1-2-18(20-14-26-27-15-20)4-5-21-19(3-1)13-23(28-21)29-22-12-17(6-7-25-22)16-30-10-8-24-9-11-30/h2,4-7,12-15,24,28H,1,3,8-11,16H2,(H,25,29)(H,26,27)/b5-4-,18-2+. The zero-order valence-electron chi connectivity index (χ0n) is 17.0. The molecule has 4 heterocycles. The first-order valence-electron chi connectivity index (χ1n) is 10.6. The van der Waals surface area contributed by atoms with Gasteiger partial charge in [-0.15, -0.1) is 0 Å². The van der Waals surface area contributed by atoms with Crippen molar-refractivity contribution in [2.45, 2.75) is 19.4 Å². The van der Waals surface area contributed by atoms with Gasteiger partial charge in [-0.2, -0.15) is 5.10 Å². The van der Waals surface area contributed by atoms with Crippen LogP contribution >= 0.6 is 0 Å². The molecule has 0 unspecified atom stereocenters. The molecule has 2 aliphatic rings. The highest BCUT2D eigenvalue weighted by Crippen LogP contribution is 2.26. The summed E-state index contributed by atoms with van der Waals surface area (Å²) in [6.45, 7) is 5.28. The molecule has 3 aromatic heterocycles. The maximum atomic E-state index is 4.52. The van der Waals surface area contributed by atoms with Crippen LogP contribution in [0, 0.1) is 0 Å². The van der Waals surface area contributed by atoms with Gasteiger partial charge in [-0.05, 0) is 53.8 Å². The van der Waals surface area contributed by atoms with Crippen LogP contribution in [-0.4, -0.2) is 51.2 Å². The summed E-state index contributed by atoms with van der Waals surface area (Å²) < 4.78 is 0. The summed E-state index contributed by atoms with van der Waals surface area (Å²) in [5.41, 5.74) is 6.05. The fourth-order valence-corrected chi connectivity index (χ4v) is 4.09. The Kier molecular flexibility index (Phi) is 5.46. The summed E-state index contributed by atoms with van der Waals surface area (Å²) in [6.07, 6.45) is 14.2. The lowest BCUT2D eigenvalue weighted by Crippen LogP contribution is -2.42. The number of hydrogen-bond donors (Lipinski definition) is 4. The number of nitrogens with zero attached hydrogens (tertiary/aromatic N) is 3. The number of hydrogen-bond acceptors (Lipinski definition) is 5. The van der Waals surface area contributed by atoms with Crippen LogP contribution in [0.4, 0.5) is 11.6 Å². The van der Waals surface area contributed by atoms with Gasteiger partial charge in [-0.25, -0.2) is 4.98 Å². The van der Waals surface area contributed by atoms with Crippen LogP contribution in [0.5, 0.6) is 0 Å². The molecule has 30 heavy (non-hydrogen) atoms. The van der Waals surface area contributed by atoms with Gasteiger partial charge in [-0.1, -0.05) is 12.2 Å². The van der Waals surface area contributed by atoms with Gasteiger partial charge in [0.15, 0.2) is 0 Å². The van der Waals surface area contributed by atoms with E-state index in [9.17, 15) is 0 Å². The molecule has 0 amide bonds. The molecule has 3 aromatic rings. The largest absolute Gasteiger partial charge is 0.342 e. The Labute approximate surface area is 176 Å². The van der Waals surface area contributed by atoms with Gasteiger partial charge in [0.05, 0.1) is 6.20 Å². The number of piperazine rings is 1. The predicted octanol–water partition coefficient (Wildman–Crippen LogP) is 3.32. The molecule has 0 atom stereocenters. The van der Waals surface area contributed by atoms with Gasteiger partial charge in [0.1, 0.15) is 11.6 Å². The number of aromatic amines is 2. The van der Waals surface area contributed by atoms with E-state index in [2.05, 4.69) is 72.1 Å². The summed E-state index contributed by atoms with van der Waals surface area (Å²) in [5.74, 6) is 1.85. The summed E-state index contributed by atoms with van der Waals surface area (Å²) in [7, 11) is 0. The molecule has 0 radical (unpaired) electrons. The van der Waals surface area contributed by atoms with Gasteiger partial charge < -0.3 is 15.6 Å². The van der Waals surface area contributed by atoms with Crippen LogP contribution in [0.3, 0.4) is 0 Å². The van der Waals surface area contributed by atoms with Crippen LogP contribution in [-0.2, 0) is 13.0 Å². The van der Waals surface area contributed by atoms with E-state index < -0.39 is 0 Å². The highest BCUT2D eigenvalue weighted by Gasteiger charge is 2.12. The van der Waals surface area contributed by atoms with E-state index in [0.29, 0.717) is 0 Å². The Morgan fingerprint density at radius 1 is 1.13 bits per heavy atom. The Balaban J connectivity index is 1.29. The van der Waals surface area contributed by atoms with E-state index in [4.69, 9.17) is 0 Å².